The van der Waals surface area contributed by atoms with Gasteiger partial charge in [-0.05, 0) is 25.8 Å². The first-order valence-electron chi connectivity index (χ1n) is 5.33. The maximum absolute atomic E-state index is 9.20. The Kier molecular flexibility index (Phi) is 3.72. The minimum absolute atomic E-state index is 0.205. The highest BCUT2D eigenvalue weighted by Crippen LogP contribution is 2.25. The first-order chi connectivity index (χ1) is 7.29. The summed E-state index contributed by atoms with van der Waals surface area (Å²) >= 11 is 1.74. The molecule has 1 heterocycles. The quantitative estimate of drug-likeness (QED) is 0.727. The first kappa shape index (κ1) is 11.0. The number of thioether (sulfide) groups is 1. The Morgan fingerprint density at radius 3 is 3.00 bits per heavy atom. The molecule has 0 amide bonds. The topological polar surface area (TPSA) is 45.4 Å². The fourth-order valence-corrected chi connectivity index (χ4v) is 2.44. The van der Waals surface area contributed by atoms with Crippen molar-refractivity contribution in [3.63, 3.8) is 0 Å². The summed E-state index contributed by atoms with van der Waals surface area (Å²) in [6.45, 7) is 2.17. The van der Waals surface area contributed by atoms with Crippen LogP contribution in [0.5, 0.6) is 0 Å². The molecule has 1 fully saturated rings. The van der Waals surface area contributed by atoms with E-state index in [-0.39, 0.29) is 12.6 Å². The standard InChI is InChI=1S/C11H17NO2S/c1-8-11(4-5-14-8)15-7-10(6-13)12-9-2-3-9/h4-5,9-10,12-13H,2-3,6-7H2,1H3. The van der Waals surface area contributed by atoms with Gasteiger partial charge in [-0.25, -0.2) is 0 Å². The average molecular weight is 227 g/mol. The van der Waals surface area contributed by atoms with E-state index in [1.165, 1.54) is 17.7 Å². The van der Waals surface area contributed by atoms with Crippen LogP contribution in [-0.4, -0.2) is 29.5 Å². The Hall–Kier alpha value is -0.450. The van der Waals surface area contributed by atoms with Crippen LogP contribution in [0.15, 0.2) is 21.6 Å². The summed E-state index contributed by atoms with van der Waals surface area (Å²) in [5, 5.41) is 12.6. The van der Waals surface area contributed by atoms with Crippen LogP contribution in [0.1, 0.15) is 18.6 Å². The fraction of sp³-hybridized carbons (Fsp3) is 0.636. The molecule has 1 atom stereocenters. The second kappa shape index (κ2) is 5.05. The van der Waals surface area contributed by atoms with Crippen molar-refractivity contribution in [2.45, 2.75) is 36.7 Å². The molecular formula is C11H17NO2S. The Bertz CT molecular complexity index is 309. The van der Waals surface area contributed by atoms with Gasteiger partial charge >= 0.3 is 0 Å². The molecule has 2 rings (SSSR count). The van der Waals surface area contributed by atoms with Crippen molar-refractivity contribution in [1.29, 1.82) is 0 Å². The third kappa shape index (κ3) is 3.26. The van der Waals surface area contributed by atoms with Crippen molar-refractivity contribution >= 4 is 11.8 Å². The van der Waals surface area contributed by atoms with Crippen LogP contribution in [0, 0.1) is 6.92 Å². The molecule has 1 aromatic heterocycles. The molecule has 1 aromatic rings. The maximum Gasteiger partial charge on any atom is 0.114 e. The van der Waals surface area contributed by atoms with Gasteiger partial charge in [-0.1, -0.05) is 0 Å². The molecule has 15 heavy (non-hydrogen) atoms. The van der Waals surface area contributed by atoms with Crippen molar-refractivity contribution in [1.82, 2.24) is 5.32 Å². The van der Waals surface area contributed by atoms with Crippen LogP contribution >= 0.6 is 11.8 Å². The summed E-state index contributed by atoms with van der Waals surface area (Å²) in [5.74, 6) is 1.86. The first-order valence-corrected chi connectivity index (χ1v) is 6.32. The monoisotopic (exact) mass is 227 g/mol. The third-order valence-corrected chi connectivity index (χ3v) is 3.82. The number of hydrogen-bond donors (Lipinski definition) is 2. The molecule has 1 aliphatic rings. The van der Waals surface area contributed by atoms with E-state index in [9.17, 15) is 5.11 Å². The summed E-state index contributed by atoms with van der Waals surface area (Å²) in [6.07, 6.45) is 4.22. The molecule has 2 N–H and O–H groups in total. The van der Waals surface area contributed by atoms with Crippen LogP contribution < -0.4 is 5.32 Å². The number of hydrogen-bond acceptors (Lipinski definition) is 4. The Morgan fingerprint density at radius 2 is 2.47 bits per heavy atom. The van der Waals surface area contributed by atoms with Gasteiger partial charge in [0.05, 0.1) is 12.9 Å². The Labute approximate surface area is 94.2 Å². The minimum Gasteiger partial charge on any atom is -0.468 e. The molecule has 0 saturated heterocycles. The van der Waals surface area contributed by atoms with Gasteiger partial charge in [0, 0.05) is 22.7 Å². The van der Waals surface area contributed by atoms with Crippen molar-refractivity contribution in [2.75, 3.05) is 12.4 Å². The van der Waals surface area contributed by atoms with Crippen LogP contribution in [0.2, 0.25) is 0 Å². The van der Waals surface area contributed by atoms with Gasteiger partial charge in [0.1, 0.15) is 5.76 Å². The zero-order valence-corrected chi connectivity index (χ0v) is 9.72. The largest absolute Gasteiger partial charge is 0.468 e. The molecule has 84 valence electrons. The number of rotatable bonds is 6. The molecule has 3 nitrogen and oxygen atoms in total. The average Bonchev–Trinajstić information content (AvgIpc) is 2.96. The number of aryl methyl sites for hydroxylation is 1. The summed E-state index contributed by atoms with van der Waals surface area (Å²) in [4.78, 5) is 1.17. The SMILES string of the molecule is Cc1occc1SCC(CO)NC1CC1. The van der Waals surface area contributed by atoms with Crippen LogP contribution in [0.3, 0.4) is 0 Å². The van der Waals surface area contributed by atoms with E-state index in [0.717, 1.165) is 11.5 Å². The summed E-state index contributed by atoms with van der Waals surface area (Å²) in [6, 6.07) is 2.83. The van der Waals surface area contributed by atoms with Crippen molar-refractivity contribution < 1.29 is 9.52 Å². The summed E-state index contributed by atoms with van der Waals surface area (Å²) < 4.78 is 5.22. The zero-order chi connectivity index (χ0) is 10.7. The van der Waals surface area contributed by atoms with Crippen LogP contribution in [0.4, 0.5) is 0 Å². The van der Waals surface area contributed by atoms with E-state index in [0.29, 0.717) is 6.04 Å². The van der Waals surface area contributed by atoms with Gasteiger partial charge in [-0.3, -0.25) is 0 Å². The summed E-state index contributed by atoms with van der Waals surface area (Å²) in [5.41, 5.74) is 0. The third-order valence-electron chi connectivity index (χ3n) is 2.52. The van der Waals surface area contributed by atoms with Crippen LogP contribution in [0.25, 0.3) is 0 Å². The molecule has 0 aliphatic heterocycles. The molecule has 0 bridgehead atoms. The lowest BCUT2D eigenvalue weighted by Crippen LogP contribution is -2.36. The second-order valence-corrected chi connectivity index (χ2v) is 5.03. The van der Waals surface area contributed by atoms with Crippen molar-refractivity contribution in [3.05, 3.63) is 18.1 Å². The molecule has 1 unspecified atom stereocenters. The number of furan rings is 1. The van der Waals surface area contributed by atoms with Gasteiger partial charge in [0.25, 0.3) is 0 Å². The molecule has 1 aliphatic carbocycles. The lowest BCUT2D eigenvalue weighted by molar-refractivity contribution is 0.253. The number of nitrogens with one attached hydrogen (secondary N) is 1. The van der Waals surface area contributed by atoms with Crippen LogP contribution in [-0.2, 0) is 0 Å². The predicted molar refractivity (Wildman–Crippen MR) is 61.2 cm³/mol. The van der Waals surface area contributed by atoms with Gasteiger partial charge < -0.3 is 14.8 Å². The molecule has 1 saturated carbocycles. The Morgan fingerprint density at radius 1 is 1.67 bits per heavy atom. The highest BCUT2D eigenvalue weighted by molar-refractivity contribution is 7.99. The van der Waals surface area contributed by atoms with E-state index in [4.69, 9.17) is 4.42 Å². The highest BCUT2D eigenvalue weighted by Gasteiger charge is 2.24. The maximum atomic E-state index is 9.20. The molecular weight excluding hydrogens is 210 g/mol. The second-order valence-electron chi connectivity index (χ2n) is 3.97. The lowest BCUT2D eigenvalue weighted by atomic mass is 10.3. The fourth-order valence-electron chi connectivity index (χ4n) is 1.45. The summed E-state index contributed by atoms with van der Waals surface area (Å²) in [7, 11) is 0. The lowest BCUT2D eigenvalue weighted by Gasteiger charge is -2.14. The number of aliphatic hydroxyl groups excluding tert-OH is 1. The van der Waals surface area contributed by atoms with E-state index < -0.39 is 0 Å². The van der Waals surface area contributed by atoms with Crippen molar-refractivity contribution in [3.8, 4) is 0 Å². The van der Waals surface area contributed by atoms with E-state index in [1.807, 2.05) is 13.0 Å². The molecule has 0 radical (unpaired) electrons. The molecule has 4 heteroatoms. The van der Waals surface area contributed by atoms with Gasteiger partial charge in [0.15, 0.2) is 0 Å². The van der Waals surface area contributed by atoms with Gasteiger partial charge in [-0.15, -0.1) is 11.8 Å². The highest BCUT2D eigenvalue weighted by atomic mass is 32.2. The van der Waals surface area contributed by atoms with E-state index in [2.05, 4.69) is 5.32 Å². The van der Waals surface area contributed by atoms with Gasteiger partial charge in [-0.2, -0.15) is 0 Å². The minimum atomic E-state index is 0.205. The van der Waals surface area contributed by atoms with E-state index >= 15 is 0 Å². The Balaban J connectivity index is 1.77. The normalized spacial score (nSPS) is 18.0. The molecule has 0 aromatic carbocycles. The number of aliphatic hydroxyl groups is 1. The van der Waals surface area contributed by atoms with Crippen molar-refractivity contribution in [2.24, 2.45) is 0 Å². The molecule has 0 spiro atoms. The zero-order valence-electron chi connectivity index (χ0n) is 8.90. The van der Waals surface area contributed by atoms with E-state index in [1.54, 1.807) is 18.0 Å². The predicted octanol–water partition coefficient (Wildman–Crippen LogP) is 1.79. The smallest absolute Gasteiger partial charge is 0.114 e. The van der Waals surface area contributed by atoms with Gasteiger partial charge in [0.2, 0.25) is 0 Å².